The summed E-state index contributed by atoms with van der Waals surface area (Å²) in [5.74, 6) is 0.528. The van der Waals surface area contributed by atoms with Crippen molar-refractivity contribution < 1.29 is 4.79 Å². The molecule has 0 saturated carbocycles. The zero-order chi connectivity index (χ0) is 17.8. The van der Waals surface area contributed by atoms with Gasteiger partial charge in [0.25, 0.3) is 0 Å². The molecule has 0 bridgehead atoms. The van der Waals surface area contributed by atoms with Gasteiger partial charge in [0.15, 0.2) is 0 Å². The molecular weight excluding hydrogens is 262 g/mol. The minimum Gasteiger partial charge on any atom is -0.401 e. The lowest BCUT2D eigenvalue weighted by molar-refractivity contribution is -0.121. The van der Waals surface area contributed by atoms with E-state index in [1.807, 2.05) is 34.6 Å². The molecule has 1 unspecified atom stereocenters. The van der Waals surface area contributed by atoms with E-state index in [9.17, 15) is 4.79 Å². The van der Waals surface area contributed by atoms with E-state index in [2.05, 4.69) is 32.7 Å². The molecule has 0 aromatic heterocycles. The topological polar surface area (TPSA) is 81.1 Å². The summed E-state index contributed by atoms with van der Waals surface area (Å²) in [6.45, 7) is 20.5. The van der Waals surface area contributed by atoms with Gasteiger partial charge in [-0.05, 0) is 25.3 Å². The second kappa shape index (κ2) is 24.0. The number of carbonyl (C=O) groups is 1. The highest BCUT2D eigenvalue weighted by Gasteiger charge is 2.13. The highest BCUT2D eigenvalue weighted by atomic mass is 16.1. The van der Waals surface area contributed by atoms with Gasteiger partial charge in [-0.15, -0.1) is 0 Å². The molecule has 0 aromatic carbocycles. The van der Waals surface area contributed by atoms with Crippen LogP contribution in [0.25, 0.3) is 0 Å². The Bertz CT molecular complexity index is 214. The molecule has 1 amide bonds. The van der Waals surface area contributed by atoms with E-state index < -0.39 is 0 Å². The molecule has 0 radical (unpaired) electrons. The second-order valence-electron chi connectivity index (χ2n) is 4.47. The van der Waals surface area contributed by atoms with Gasteiger partial charge < -0.3 is 16.8 Å². The van der Waals surface area contributed by atoms with E-state index in [4.69, 9.17) is 11.5 Å². The summed E-state index contributed by atoms with van der Waals surface area (Å²) in [5, 5.41) is 2.83. The van der Waals surface area contributed by atoms with Crippen LogP contribution in [0.5, 0.6) is 0 Å². The normalized spacial score (nSPS) is 9.81. The van der Waals surface area contributed by atoms with Gasteiger partial charge in [0, 0.05) is 12.1 Å². The van der Waals surface area contributed by atoms with E-state index in [0.717, 1.165) is 19.4 Å². The van der Waals surface area contributed by atoms with Gasteiger partial charge in [0.1, 0.15) is 0 Å². The summed E-state index contributed by atoms with van der Waals surface area (Å²) < 4.78 is 0. The molecule has 0 heterocycles. The third-order valence-corrected chi connectivity index (χ3v) is 2.10. The third-order valence-electron chi connectivity index (χ3n) is 2.10. The summed E-state index contributed by atoms with van der Waals surface area (Å²) in [6, 6.07) is -0.0764. The summed E-state index contributed by atoms with van der Waals surface area (Å²) in [7, 11) is 0. The molecule has 0 rings (SSSR count). The molecule has 4 heteroatoms. The molecule has 1 atom stereocenters. The standard InChI is InChI=1S/C10H20N2O.C3H9N.2C2H6/c1-5-10(13)12-9(8(4)11)6-7(2)3;1-2-3-4;2*1-2/h7,9H,4-6,11H2,1-3H3,(H,12,13);2-4H2,1H3;2*1-2H3. The molecule has 21 heavy (non-hydrogen) atoms. The number of hydrogen-bond acceptors (Lipinski definition) is 3. The monoisotopic (exact) mass is 303 g/mol. The second-order valence-corrected chi connectivity index (χ2v) is 4.47. The van der Waals surface area contributed by atoms with Crippen LogP contribution in [-0.2, 0) is 4.79 Å². The average Bonchev–Trinajstić information content (AvgIpc) is 2.50. The lowest BCUT2D eigenvalue weighted by Gasteiger charge is -2.19. The number of amides is 1. The molecule has 0 aliphatic carbocycles. The van der Waals surface area contributed by atoms with Gasteiger partial charge in [0.05, 0.1) is 6.04 Å². The number of nitrogens with two attached hydrogens (primary N) is 2. The molecule has 0 aliphatic rings. The molecule has 130 valence electrons. The molecular formula is C17H41N3O. The number of hydrogen-bond donors (Lipinski definition) is 3. The van der Waals surface area contributed by atoms with Crippen molar-refractivity contribution >= 4 is 5.91 Å². The highest BCUT2D eigenvalue weighted by Crippen LogP contribution is 2.08. The maximum Gasteiger partial charge on any atom is 0.220 e. The maximum absolute atomic E-state index is 11.1. The Labute approximate surface area is 133 Å². The Morgan fingerprint density at radius 2 is 1.52 bits per heavy atom. The molecule has 4 nitrogen and oxygen atoms in total. The first kappa shape index (κ1) is 28.2. The first-order valence-electron chi connectivity index (χ1n) is 8.32. The van der Waals surface area contributed by atoms with Crippen LogP contribution in [0.1, 0.15) is 74.7 Å². The van der Waals surface area contributed by atoms with Crippen molar-refractivity contribution in [3.63, 3.8) is 0 Å². The van der Waals surface area contributed by atoms with E-state index in [-0.39, 0.29) is 11.9 Å². The van der Waals surface area contributed by atoms with Crippen molar-refractivity contribution in [3.8, 4) is 0 Å². The van der Waals surface area contributed by atoms with Crippen LogP contribution in [-0.4, -0.2) is 18.5 Å². The van der Waals surface area contributed by atoms with Crippen molar-refractivity contribution in [1.29, 1.82) is 0 Å². The number of nitrogens with one attached hydrogen (secondary N) is 1. The van der Waals surface area contributed by atoms with E-state index in [1.54, 1.807) is 0 Å². The van der Waals surface area contributed by atoms with Crippen LogP contribution in [0.2, 0.25) is 0 Å². The van der Waals surface area contributed by atoms with Crippen LogP contribution < -0.4 is 16.8 Å². The van der Waals surface area contributed by atoms with Crippen molar-refractivity contribution in [2.45, 2.75) is 80.7 Å². The fourth-order valence-electron chi connectivity index (χ4n) is 1.07. The first-order chi connectivity index (χ1) is 9.88. The summed E-state index contributed by atoms with van der Waals surface area (Å²) in [4.78, 5) is 11.1. The van der Waals surface area contributed by atoms with E-state index in [0.29, 0.717) is 18.0 Å². The molecule has 0 fully saturated rings. The van der Waals surface area contributed by atoms with Gasteiger partial charge in [-0.25, -0.2) is 0 Å². The Balaban J connectivity index is -0.000000151. The summed E-state index contributed by atoms with van der Waals surface area (Å²) >= 11 is 0. The summed E-state index contributed by atoms with van der Waals surface area (Å²) in [6.07, 6.45) is 2.43. The Kier molecular flexibility index (Phi) is 32.2. The largest absolute Gasteiger partial charge is 0.401 e. The van der Waals surface area contributed by atoms with Crippen LogP contribution in [0, 0.1) is 5.92 Å². The van der Waals surface area contributed by atoms with Crippen LogP contribution in [0.15, 0.2) is 12.3 Å². The molecule has 0 aliphatic heterocycles. The van der Waals surface area contributed by atoms with Gasteiger partial charge >= 0.3 is 0 Å². The highest BCUT2D eigenvalue weighted by molar-refractivity contribution is 5.76. The smallest absolute Gasteiger partial charge is 0.220 e. The predicted octanol–water partition coefficient (Wildman–Crippen LogP) is 3.81. The van der Waals surface area contributed by atoms with Crippen LogP contribution in [0.3, 0.4) is 0 Å². The van der Waals surface area contributed by atoms with E-state index in [1.165, 1.54) is 0 Å². The quantitative estimate of drug-likeness (QED) is 0.698. The van der Waals surface area contributed by atoms with Gasteiger partial charge in [-0.3, -0.25) is 4.79 Å². The van der Waals surface area contributed by atoms with Gasteiger partial charge in [-0.2, -0.15) is 0 Å². The predicted molar refractivity (Wildman–Crippen MR) is 97.0 cm³/mol. The Hall–Kier alpha value is -1.03. The SMILES string of the molecule is C=C(N)C(CC(C)C)NC(=O)CC.CC.CC.CCCN. The molecule has 0 spiro atoms. The number of carbonyl (C=O) groups excluding carboxylic acids is 1. The van der Waals surface area contributed by atoms with E-state index >= 15 is 0 Å². The average molecular weight is 304 g/mol. The lowest BCUT2D eigenvalue weighted by atomic mass is 10.0. The van der Waals surface area contributed by atoms with Crippen LogP contribution in [0.4, 0.5) is 0 Å². The lowest BCUT2D eigenvalue weighted by Crippen LogP contribution is -2.38. The maximum atomic E-state index is 11.1. The number of rotatable bonds is 6. The Morgan fingerprint density at radius 3 is 1.71 bits per heavy atom. The third kappa shape index (κ3) is 28.0. The van der Waals surface area contributed by atoms with Crippen molar-refractivity contribution in [1.82, 2.24) is 5.32 Å². The molecule has 5 N–H and O–H groups in total. The van der Waals surface area contributed by atoms with Crippen molar-refractivity contribution in [2.75, 3.05) is 6.54 Å². The summed E-state index contributed by atoms with van der Waals surface area (Å²) in [5.41, 5.74) is 11.1. The fourth-order valence-corrected chi connectivity index (χ4v) is 1.07. The Morgan fingerprint density at radius 1 is 1.14 bits per heavy atom. The fraction of sp³-hybridized carbons (Fsp3) is 0.824. The zero-order valence-electron chi connectivity index (χ0n) is 15.8. The van der Waals surface area contributed by atoms with Crippen LogP contribution >= 0.6 is 0 Å². The zero-order valence-corrected chi connectivity index (χ0v) is 15.8. The van der Waals surface area contributed by atoms with Crippen molar-refractivity contribution in [2.24, 2.45) is 17.4 Å². The minimum absolute atomic E-state index is 0.0252. The van der Waals surface area contributed by atoms with Gasteiger partial charge in [0.2, 0.25) is 5.91 Å². The first-order valence-corrected chi connectivity index (χ1v) is 8.32. The molecule has 0 saturated heterocycles. The van der Waals surface area contributed by atoms with Gasteiger partial charge in [-0.1, -0.05) is 62.0 Å². The molecule has 0 aromatic rings. The van der Waals surface area contributed by atoms with Crippen molar-refractivity contribution in [3.05, 3.63) is 12.3 Å². The minimum atomic E-state index is -0.0764.